The van der Waals surface area contributed by atoms with Crippen molar-refractivity contribution in [2.45, 2.75) is 6.42 Å². The van der Waals surface area contributed by atoms with Gasteiger partial charge in [-0.1, -0.05) is 17.7 Å². The summed E-state index contributed by atoms with van der Waals surface area (Å²) in [5.74, 6) is -0.513. The van der Waals surface area contributed by atoms with E-state index in [1.165, 1.54) is 7.11 Å². The first-order valence-electron chi connectivity index (χ1n) is 6.51. The fraction of sp³-hybridized carbons (Fsp3) is 0.133. The summed E-state index contributed by atoms with van der Waals surface area (Å²) < 4.78 is 6.25. The maximum Gasteiger partial charge on any atom is 0.356 e. The molecule has 0 amide bonds. The molecule has 112 valence electrons. The van der Waals surface area contributed by atoms with Gasteiger partial charge < -0.3 is 4.74 Å². The highest BCUT2D eigenvalue weighted by Crippen LogP contribution is 2.16. The maximum absolute atomic E-state index is 12.1. The smallest absolute Gasteiger partial charge is 0.356 e. The van der Waals surface area contributed by atoms with Crippen molar-refractivity contribution in [3.8, 4) is 0 Å². The highest BCUT2D eigenvalue weighted by Gasteiger charge is 2.13. The predicted octanol–water partition coefficient (Wildman–Crippen LogP) is 2.05. The number of methoxy groups -OCH3 is 1. The Morgan fingerprint density at radius 1 is 1.41 bits per heavy atom. The molecule has 0 atom stereocenters. The third-order valence-corrected chi connectivity index (χ3v) is 3.52. The minimum Gasteiger partial charge on any atom is -0.464 e. The summed E-state index contributed by atoms with van der Waals surface area (Å²) >= 11 is 5.98. The molecular weight excluding hydrogens is 306 g/mol. The minimum atomic E-state index is -0.513. The molecule has 0 bridgehead atoms. The standard InChI is InChI=1S/C15H12ClN3O3/c1-22-15(21)12-4-2-3-10(17-12)8-11-13-7-9(16)5-6-19(13)18-14(11)20/h2-7H,8H2,1H3,(H,18,20). The van der Waals surface area contributed by atoms with E-state index in [2.05, 4.69) is 14.8 Å². The Kier molecular flexibility index (Phi) is 3.68. The van der Waals surface area contributed by atoms with Crippen molar-refractivity contribution >= 4 is 23.1 Å². The van der Waals surface area contributed by atoms with Gasteiger partial charge in [0.05, 0.1) is 18.2 Å². The predicted molar refractivity (Wildman–Crippen MR) is 81.4 cm³/mol. The zero-order valence-corrected chi connectivity index (χ0v) is 12.4. The van der Waals surface area contributed by atoms with Crippen molar-refractivity contribution in [3.63, 3.8) is 0 Å². The molecule has 0 fully saturated rings. The SMILES string of the molecule is COC(=O)c1cccc(Cc2c(=O)[nH]n3ccc(Cl)cc23)n1. The summed E-state index contributed by atoms with van der Waals surface area (Å²) in [5.41, 5.74) is 1.81. The lowest BCUT2D eigenvalue weighted by molar-refractivity contribution is 0.0593. The number of aromatic amines is 1. The van der Waals surface area contributed by atoms with Gasteiger partial charge in [0.2, 0.25) is 0 Å². The molecule has 3 aromatic rings. The number of hydrogen-bond donors (Lipinski definition) is 1. The highest BCUT2D eigenvalue weighted by molar-refractivity contribution is 6.30. The van der Waals surface area contributed by atoms with Crippen LogP contribution in [-0.4, -0.2) is 27.7 Å². The fourth-order valence-electron chi connectivity index (χ4n) is 2.25. The number of nitrogens with one attached hydrogen (secondary N) is 1. The average Bonchev–Trinajstić information content (AvgIpc) is 2.82. The number of esters is 1. The molecule has 3 heterocycles. The molecule has 1 N–H and O–H groups in total. The van der Waals surface area contributed by atoms with E-state index in [1.807, 2.05) is 0 Å². The number of nitrogens with zero attached hydrogens (tertiary/aromatic N) is 2. The molecule has 3 aromatic heterocycles. The first-order chi connectivity index (χ1) is 10.6. The van der Waals surface area contributed by atoms with Gasteiger partial charge in [-0.25, -0.2) is 9.78 Å². The van der Waals surface area contributed by atoms with E-state index in [4.69, 9.17) is 11.6 Å². The van der Waals surface area contributed by atoms with Crippen LogP contribution < -0.4 is 5.56 Å². The summed E-state index contributed by atoms with van der Waals surface area (Å²) in [6.07, 6.45) is 1.97. The molecule has 0 saturated carbocycles. The number of fused-ring (bicyclic) bond motifs is 1. The first-order valence-corrected chi connectivity index (χ1v) is 6.89. The van der Waals surface area contributed by atoms with Crippen LogP contribution in [0.3, 0.4) is 0 Å². The Morgan fingerprint density at radius 3 is 3.00 bits per heavy atom. The molecule has 0 unspecified atom stereocenters. The van der Waals surface area contributed by atoms with Gasteiger partial charge >= 0.3 is 5.97 Å². The first kappa shape index (κ1) is 14.3. The number of pyridine rings is 2. The fourth-order valence-corrected chi connectivity index (χ4v) is 2.41. The number of hydrogen-bond acceptors (Lipinski definition) is 4. The van der Waals surface area contributed by atoms with Crippen molar-refractivity contribution in [2.24, 2.45) is 0 Å². The second-order valence-electron chi connectivity index (χ2n) is 4.70. The van der Waals surface area contributed by atoms with Crippen LogP contribution in [0, 0.1) is 0 Å². The van der Waals surface area contributed by atoms with Crippen LogP contribution in [0.25, 0.3) is 5.52 Å². The maximum atomic E-state index is 12.1. The van der Waals surface area contributed by atoms with E-state index >= 15 is 0 Å². The largest absolute Gasteiger partial charge is 0.464 e. The number of carbonyl (C=O) groups excluding carboxylic acids is 1. The number of aromatic nitrogens is 3. The van der Waals surface area contributed by atoms with Gasteiger partial charge in [-0.3, -0.25) is 14.4 Å². The van der Waals surface area contributed by atoms with E-state index < -0.39 is 5.97 Å². The van der Waals surface area contributed by atoms with Crippen LogP contribution >= 0.6 is 11.6 Å². The molecule has 0 aliphatic carbocycles. The van der Waals surface area contributed by atoms with Gasteiger partial charge in [-0.2, -0.15) is 0 Å². The lowest BCUT2D eigenvalue weighted by Crippen LogP contribution is -2.09. The van der Waals surface area contributed by atoms with Gasteiger partial charge in [-0.15, -0.1) is 0 Å². The quantitative estimate of drug-likeness (QED) is 0.750. The van der Waals surface area contributed by atoms with Crippen molar-refractivity contribution < 1.29 is 9.53 Å². The number of ether oxygens (including phenoxy) is 1. The van der Waals surface area contributed by atoms with Crippen LogP contribution in [-0.2, 0) is 11.2 Å². The minimum absolute atomic E-state index is 0.206. The van der Waals surface area contributed by atoms with Crippen LogP contribution in [0.4, 0.5) is 0 Å². The van der Waals surface area contributed by atoms with Gasteiger partial charge in [-0.05, 0) is 24.3 Å². The highest BCUT2D eigenvalue weighted by atomic mass is 35.5. The van der Waals surface area contributed by atoms with Crippen molar-refractivity contribution in [1.29, 1.82) is 0 Å². The Bertz CT molecular complexity index is 914. The van der Waals surface area contributed by atoms with Crippen molar-refractivity contribution in [2.75, 3.05) is 7.11 Å². The summed E-state index contributed by atoms with van der Waals surface area (Å²) in [6.45, 7) is 0. The molecule has 0 radical (unpaired) electrons. The van der Waals surface area contributed by atoms with Crippen molar-refractivity contribution in [3.05, 3.63) is 68.9 Å². The topological polar surface area (TPSA) is 76.5 Å². The molecule has 0 aromatic carbocycles. The Hall–Kier alpha value is -2.60. The summed E-state index contributed by atoms with van der Waals surface area (Å²) in [5, 5.41) is 3.24. The van der Waals surface area contributed by atoms with Crippen LogP contribution in [0.2, 0.25) is 5.02 Å². The monoisotopic (exact) mass is 317 g/mol. The Labute approximate surface area is 130 Å². The number of rotatable bonds is 3. The van der Waals surface area contributed by atoms with E-state index in [0.29, 0.717) is 21.8 Å². The molecule has 7 heteroatoms. The summed E-state index contributed by atoms with van der Waals surface area (Å²) in [6, 6.07) is 8.41. The van der Waals surface area contributed by atoms with E-state index in [1.54, 1.807) is 41.0 Å². The van der Waals surface area contributed by atoms with Gasteiger partial charge in [0, 0.05) is 23.3 Å². The second kappa shape index (κ2) is 5.65. The van der Waals surface area contributed by atoms with Crippen LogP contribution in [0.15, 0.2) is 41.3 Å². The molecule has 22 heavy (non-hydrogen) atoms. The number of H-pyrrole nitrogens is 1. The van der Waals surface area contributed by atoms with E-state index in [0.717, 1.165) is 0 Å². The normalized spacial score (nSPS) is 10.8. The average molecular weight is 318 g/mol. The number of carbonyl (C=O) groups is 1. The number of halogens is 1. The Balaban J connectivity index is 2.03. The zero-order chi connectivity index (χ0) is 15.7. The summed E-state index contributed by atoms with van der Waals surface area (Å²) in [4.78, 5) is 27.8. The summed E-state index contributed by atoms with van der Waals surface area (Å²) in [7, 11) is 1.30. The Morgan fingerprint density at radius 2 is 2.23 bits per heavy atom. The third kappa shape index (κ3) is 2.60. The van der Waals surface area contributed by atoms with Gasteiger partial charge in [0.25, 0.3) is 5.56 Å². The molecule has 0 saturated heterocycles. The molecule has 3 rings (SSSR count). The molecule has 0 aliphatic heterocycles. The van der Waals surface area contributed by atoms with Crippen molar-refractivity contribution in [1.82, 2.24) is 14.6 Å². The van der Waals surface area contributed by atoms with E-state index in [9.17, 15) is 9.59 Å². The molecule has 6 nitrogen and oxygen atoms in total. The van der Waals surface area contributed by atoms with E-state index in [-0.39, 0.29) is 17.7 Å². The van der Waals surface area contributed by atoms with Gasteiger partial charge in [0.15, 0.2) is 0 Å². The van der Waals surface area contributed by atoms with Crippen LogP contribution in [0.1, 0.15) is 21.7 Å². The van der Waals surface area contributed by atoms with Crippen LogP contribution in [0.5, 0.6) is 0 Å². The second-order valence-corrected chi connectivity index (χ2v) is 5.14. The zero-order valence-electron chi connectivity index (χ0n) is 11.7. The third-order valence-electron chi connectivity index (χ3n) is 3.28. The molecule has 0 spiro atoms. The van der Waals surface area contributed by atoms with Gasteiger partial charge in [0.1, 0.15) is 5.69 Å². The molecular formula is C15H12ClN3O3. The molecule has 0 aliphatic rings. The lowest BCUT2D eigenvalue weighted by Gasteiger charge is -2.02. The lowest BCUT2D eigenvalue weighted by atomic mass is 10.1.